The van der Waals surface area contributed by atoms with E-state index in [2.05, 4.69) is 12.2 Å². The molecule has 1 heterocycles. The molecule has 2 N–H and O–H groups in total. The summed E-state index contributed by atoms with van der Waals surface area (Å²) in [6, 6.07) is 0. The molecule has 5 nitrogen and oxygen atoms in total. The Balaban J connectivity index is 2.28. The van der Waals surface area contributed by atoms with Gasteiger partial charge in [0, 0.05) is 25.9 Å². The predicted molar refractivity (Wildman–Crippen MR) is 57.0 cm³/mol. The molecule has 1 unspecified atom stereocenters. The highest BCUT2D eigenvalue weighted by Gasteiger charge is 2.23. The minimum absolute atomic E-state index is 0.172. The second-order valence-electron chi connectivity index (χ2n) is 3.15. The van der Waals surface area contributed by atoms with Crippen molar-refractivity contribution >= 4 is 11.9 Å². The zero-order valence-electron chi connectivity index (χ0n) is 8.77. The van der Waals surface area contributed by atoms with Crippen molar-refractivity contribution in [1.29, 1.82) is 0 Å². The highest BCUT2D eigenvalue weighted by molar-refractivity contribution is 7.96. The van der Waals surface area contributed by atoms with Crippen molar-refractivity contribution in [2.75, 3.05) is 39.0 Å². The molecular formula is C8H19N3O2S. The largest absolute Gasteiger partial charge is 0.374 e. The van der Waals surface area contributed by atoms with Gasteiger partial charge in [-0.15, -0.1) is 0 Å². The van der Waals surface area contributed by atoms with Crippen LogP contribution in [0.4, 0.5) is 0 Å². The minimum atomic E-state index is 0.172. The van der Waals surface area contributed by atoms with E-state index in [1.807, 2.05) is 11.3 Å². The number of ether oxygens (including phenoxy) is 1. The quantitative estimate of drug-likeness (QED) is 0.510. The van der Waals surface area contributed by atoms with Crippen LogP contribution in [0.5, 0.6) is 0 Å². The van der Waals surface area contributed by atoms with Crippen LogP contribution in [0.1, 0.15) is 6.92 Å². The summed E-state index contributed by atoms with van der Waals surface area (Å²) in [6.07, 6.45) is 2.01. The van der Waals surface area contributed by atoms with Gasteiger partial charge in [0.05, 0.1) is 12.7 Å². The Bertz CT molecular complexity index is 162. The van der Waals surface area contributed by atoms with Gasteiger partial charge in [-0.25, -0.2) is 5.01 Å². The van der Waals surface area contributed by atoms with Gasteiger partial charge in [-0.1, -0.05) is 11.5 Å². The average Bonchev–Trinajstić information content (AvgIpc) is 2.25. The number of nitrogens with one attached hydrogen (secondary N) is 1. The van der Waals surface area contributed by atoms with E-state index in [-0.39, 0.29) is 6.10 Å². The van der Waals surface area contributed by atoms with Crippen LogP contribution in [0.3, 0.4) is 0 Å². The zero-order valence-corrected chi connectivity index (χ0v) is 9.59. The highest BCUT2D eigenvalue weighted by atomic mass is 32.2. The van der Waals surface area contributed by atoms with Crippen molar-refractivity contribution in [1.82, 2.24) is 14.9 Å². The monoisotopic (exact) mass is 221 g/mol. The molecule has 0 bridgehead atoms. The van der Waals surface area contributed by atoms with Crippen LogP contribution in [0.2, 0.25) is 0 Å². The molecule has 1 aliphatic rings. The maximum atomic E-state index is 9.47. The van der Waals surface area contributed by atoms with E-state index in [1.165, 1.54) is 16.5 Å². The van der Waals surface area contributed by atoms with Gasteiger partial charge >= 0.3 is 0 Å². The number of hydrogen-bond acceptors (Lipinski definition) is 6. The van der Waals surface area contributed by atoms with Crippen molar-refractivity contribution < 1.29 is 9.94 Å². The van der Waals surface area contributed by atoms with Crippen LogP contribution in [-0.4, -0.2) is 59.9 Å². The molecule has 0 spiro atoms. The number of hydrazine groups is 1. The maximum Gasteiger partial charge on any atom is 0.0842 e. The van der Waals surface area contributed by atoms with E-state index >= 15 is 0 Å². The fourth-order valence-corrected chi connectivity index (χ4v) is 1.78. The topological polar surface area (TPSA) is 48.0 Å². The summed E-state index contributed by atoms with van der Waals surface area (Å²) in [7, 11) is 0. The second kappa shape index (κ2) is 6.60. The van der Waals surface area contributed by atoms with Gasteiger partial charge in [-0.05, 0) is 18.5 Å². The summed E-state index contributed by atoms with van der Waals surface area (Å²) in [4.78, 5) is 0. The Morgan fingerprint density at radius 3 is 3.14 bits per heavy atom. The Kier molecular flexibility index (Phi) is 5.76. The van der Waals surface area contributed by atoms with Crippen molar-refractivity contribution in [3.05, 3.63) is 0 Å². The fourth-order valence-electron chi connectivity index (χ4n) is 1.40. The van der Waals surface area contributed by atoms with Crippen molar-refractivity contribution in [2.45, 2.75) is 13.0 Å². The molecular weight excluding hydrogens is 202 g/mol. The lowest BCUT2D eigenvalue weighted by Crippen LogP contribution is -2.50. The van der Waals surface area contributed by atoms with Crippen LogP contribution >= 0.6 is 11.9 Å². The number of rotatable bonds is 5. The van der Waals surface area contributed by atoms with E-state index < -0.39 is 0 Å². The third kappa shape index (κ3) is 3.72. The maximum absolute atomic E-state index is 9.47. The molecule has 0 radical (unpaired) electrons. The Hall–Kier alpha value is 0.150. The summed E-state index contributed by atoms with van der Waals surface area (Å²) >= 11 is 1.30. The van der Waals surface area contributed by atoms with Gasteiger partial charge in [-0.2, -0.15) is 0 Å². The number of hydrogen-bond donors (Lipinski definition) is 2. The molecule has 1 saturated heterocycles. The smallest absolute Gasteiger partial charge is 0.0842 e. The zero-order chi connectivity index (χ0) is 10.4. The lowest BCUT2D eigenvalue weighted by atomic mass is 10.3. The lowest BCUT2D eigenvalue weighted by Gasteiger charge is -2.35. The minimum Gasteiger partial charge on any atom is -0.374 e. The first-order valence-corrected chi connectivity index (χ1v) is 6.06. The molecule has 1 aliphatic heterocycles. The number of nitrogens with zero attached hydrogens (tertiary/aromatic N) is 2. The third-order valence-electron chi connectivity index (χ3n) is 2.14. The summed E-state index contributed by atoms with van der Waals surface area (Å²) < 4.78 is 6.74. The second-order valence-corrected chi connectivity index (χ2v) is 3.84. The van der Waals surface area contributed by atoms with Gasteiger partial charge in [0.25, 0.3) is 0 Å². The first-order valence-electron chi connectivity index (χ1n) is 4.88. The molecule has 6 heteroatoms. The lowest BCUT2D eigenvalue weighted by molar-refractivity contribution is -0.198. The first kappa shape index (κ1) is 12.2. The molecule has 1 atom stereocenters. The van der Waals surface area contributed by atoms with Crippen LogP contribution in [0.25, 0.3) is 0 Å². The van der Waals surface area contributed by atoms with Gasteiger partial charge in [-0.3, -0.25) is 5.21 Å². The van der Waals surface area contributed by atoms with Crippen molar-refractivity contribution in [3.63, 3.8) is 0 Å². The van der Waals surface area contributed by atoms with Crippen molar-refractivity contribution in [2.24, 2.45) is 0 Å². The molecule has 0 aromatic heterocycles. The highest BCUT2D eigenvalue weighted by Crippen LogP contribution is 2.11. The van der Waals surface area contributed by atoms with E-state index in [0.717, 1.165) is 26.2 Å². The fraction of sp³-hybridized carbons (Fsp3) is 1.00. The standard InChI is InChI=1S/C8H19N3O2S/c1-3-9-6-8-7-10(4-5-13-8)11(12)14-2/h8-9,12H,3-7H2,1-2H3. The summed E-state index contributed by atoms with van der Waals surface area (Å²) in [6.45, 7) is 6.03. The molecule has 14 heavy (non-hydrogen) atoms. The molecule has 1 rings (SSSR count). The van der Waals surface area contributed by atoms with Crippen molar-refractivity contribution in [3.8, 4) is 0 Å². The van der Waals surface area contributed by atoms with Crippen LogP contribution in [-0.2, 0) is 4.74 Å². The molecule has 0 amide bonds. The molecule has 0 aliphatic carbocycles. The summed E-state index contributed by atoms with van der Waals surface area (Å²) in [5.74, 6) is 0. The Morgan fingerprint density at radius 1 is 1.71 bits per heavy atom. The van der Waals surface area contributed by atoms with Gasteiger partial charge in [0.1, 0.15) is 0 Å². The van der Waals surface area contributed by atoms with Gasteiger partial charge < -0.3 is 10.1 Å². The average molecular weight is 221 g/mol. The molecule has 0 aromatic carbocycles. The predicted octanol–water partition coefficient (Wildman–Crippen LogP) is 0.181. The molecule has 0 saturated carbocycles. The van der Waals surface area contributed by atoms with Crippen LogP contribution in [0.15, 0.2) is 0 Å². The number of morpholine rings is 1. The first-order chi connectivity index (χ1) is 6.77. The SMILES string of the molecule is CCNCC1CN(N(O)SC)CCO1. The van der Waals surface area contributed by atoms with E-state index in [9.17, 15) is 5.21 Å². The van der Waals surface area contributed by atoms with E-state index in [0.29, 0.717) is 6.61 Å². The van der Waals surface area contributed by atoms with Gasteiger partial charge in [0.2, 0.25) is 0 Å². The Labute approximate surface area is 89.4 Å². The molecule has 1 fully saturated rings. The normalized spacial score (nSPS) is 24.4. The third-order valence-corrected chi connectivity index (χ3v) is 2.70. The van der Waals surface area contributed by atoms with Gasteiger partial charge in [0.15, 0.2) is 0 Å². The van der Waals surface area contributed by atoms with E-state index in [4.69, 9.17) is 4.74 Å². The summed E-state index contributed by atoms with van der Waals surface area (Å²) in [5.41, 5.74) is 0. The molecule has 84 valence electrons. The van der Waals surface area contributed by atoms with Crippen LogP contribution in [0, 0.1) is 0 Å². The van der Waals surface area contributed by atoms with Crippen LogP contribution < -0.4 is 5.32 Å². The summed E-state index contributed by atoms with van der Waals surface area (Å²) in [5, 5.41) is 14.6. The Morgan fingerprint density at radius 2 is 2.50 bits per heavy atom. The van der Waals surface area contributed by atoms with E-state index in [1.54, 1.807) is 0 Å². The number of likely N-dealkylation sites (N-methyl/N-ethyl adjacent to an activating group) is 1. The molecule has 0 aromatic rings.